The maximum atomic E-state index is 13.7. The topological polar surface area (TPSA) is 82.2 Å². The molecule has 8 rings (SSSR count). The molecular formula is C39H33N5O3. The normalized spacial score (nSPS) is 13.9. The van der Waals surface area contributed by atoms with Crippen LogP contribution in [0.4, 0.5) is 4.79 Å². The highest BCUT2D eigenvalue weighted by molar-refractivity contribution is 6.04. The van der Waals surface area contributed by atoms with Crippen LogP contribution < -0.4 is 5.69 Å². The monoisotopic (exact) mass is 619 g/mol. The maximum absolute atomic E-state index is 13.7. The summed E-state index contributed by atoms with van der Waals surface area (Å²) in [4.78, 5) is 37.5. The van der Waals surface area contributed by atoms with E-state index in [9.17, 15) is 9.59 Å². The van der Waals surface area contributed by atoms with Gasteiger partial charge < -0.3 is 9.64 Å². The van der Waals surface area contributed by atoms with Crippen LogP contribution in [0.3, 0.4) is 0 Å². The third kappa shape index (κ3) is 5.31. The van der Waals surface area contributed by atoms with Gasteiger partial charge in [0.05, 0.1) is 34.0 Å². The molecule has 0 saturated carbocycles. The Morgan fingerprint density at radius 2 is 1.55 bits per heavy atom. The van der Waals surface area contributed by atoms with Crippen molar-refractivity contribution in [2.75, 3.05) is 13.1 Å². The number of carbonyl (C=O) groups excluding carboxylic acids is 1. The Morgan fingerprint density at radius 3 is 2.36 bits per heavy atom. The lowest BCUT2D eigenvalue weighted by atomic mass is 9.89. The van der Waals surface area contributed by atoms with Crippen molar-refractivity contribution in [2.24, 2.45) is 7.05 Å². The summed E-state index contributed by atoms with van der Waals surface area (Å²) in [6.45, 7) is 1.58. The van der Waals surface area contributed by atoms with Crippen LogP contribution >= 0.6 is 0 Å². The zero-order valence-corrected chi connectivity index (χ0v) is 26.0. The molecule has 0 atom stereocenters. The number of hydrogen-bond donors (Lipinski definition) is 0. The van der Waals surface area contributed by atoms with Gasteiger partial charge in [-0.25, -0.2) is 9.59 Å². The number of aromatic nitrogens is 4. The van der Waals surface area contributed by atoms with Crippen molar-refractivity contribution >= 4 is 38.9 Å². The predicted octanol–water partition coefficient (Wildman–Crippen LogP) is 7.61. The number of nitrogens with zero attached hydrogens (tertiary/aromatic N) is 5. The van der Waals surface area contributed by atoms with Gasteiger partial charge in [-0.15, -0.1) is 0 Å². The van der Waals surface area contributed by atoms with E-state index >= 15 is 0 Å². The number of piperidine rings is 1. The molecule has 1 fully saturated rings. The molecule has 1 saturated heterocycles. The van der Waals surface area contributed by atoms with Gasteiger partial charge in [0, 0.05) is 42.7 Å². The number of aryl methyl sites for hydroxylation is 1. The van der Waals surface area contributed by atoms with Crippen molar-refractivity contribution in [1.29, 1.82) is 0 Å². The maximum Gasteiger partial charge on any atom is 0.410 e. The van der Waals surface area contributed by atoms with Gasteiger partial charge in [0.2, 0.25) is 0 Å². The van der Waals surface area contributed by atoms with Gasteiger partial charge >= 0.3 is 11.8 Å². The Balaban J connectivity index is 1.06. The van der Waals surface area contributed by atoms with Crippen LogP contribution in [0.25, 0.3) is 49.7 Å². The van der Waals surface area contributed by atoms with E-state index in [1.54, 1.807) is 27.3 Å². The Morgan fingerprint density at radius 1 is 0.809 bits per heavy atom. The first-order valence-electron chi connectivity index (χ1n) is 15.9. The van der Waals surface area contributed by atoms with Crippen molar-refractivity contribution in [3.8, 4) is 16.8 Å². The van der Waals surface area contributed by atoms with Gasteiger partial charge in [-0.1, -0.05) is 66.7 Å². The Kier molecular flexibility index (Phi) is 7.25. The molecule has 1 aliphatic rings. The Labute approximate surface area is 271 Å². The number of likely N-dealkylation sites (tertiary alicyclic amines) is 1. The van der Waals surface area contributed by atoms with Crippen molar-refractivity contribution in [3.63, 3.8) is 0 Å². The molecule has 8 nitrogen and oxygen atoms in total. The van der Waals surface area contributed by atoms with Gasteiger partial charge in [0.25, 0.3) is 0 Å². The average molecular weight is 620 g/mol. The summed E-state index contributed by atoms with van der Waals surface area (Å²) in [5, 5.41) is 1.98. The van der Waals surface area contributed by atoms with E-state index in [1.807, 2.05) is 72.9 Å². The number of pyridine rings is 2. The molecule has 3 aromatic heterocycles. The van der Waals surface area contributed by atoms with Crippen LogP contribution in [0.1, 0.15) is 29.9 Å². The van der Waals surface area contributed by atoms with Crippen molar-refractivity contribution < 1.29 is 9.53 Å². The fourth-order valence-electron chi connectivity index (χ4n) is 6.75. The second-order valence-corrected chi connectivity index (χ2v) is 12.2. The van der Waals surface area contributed by atoms with Gasteiger partial charge in [0.15, 0.2) is 0 Å². The summed E-state index contributed by atoms with van der Waals surface area (Å²) in [6.07, 6.45) is 5.12. The van der Waals surface area contributed by atoms with Crippen LogP contribution in [-0.4, -0.2) is 43.2 Å². The first-order chi connectivity index (χ1) is 23.0. The number of amides is 1. The fraction of sp³-hybridized carbons (Fsp3) is 0.179. The molecule has 0 spiro atoms. The third-order valence-corrected chi connectivity index (χ3v) is 9.39. The van der Waals surface area contributed by atoms with E-state index in [4.69, 9.17) is 9.72 Å². The SMILES string of the molecule is Cn1c(=O)n(-c2ccc(C3CCN(C(=O)OCc4ccccc4)CC3)cc2)c2c3cc(-c4cnc5ccccc5c4)ccc3ncc21. The van der Waals surface area contributed by atoms with Gasteiger partial charge in [0.1, 0.15) is 6.61 Å². The van der Waals surface area contributed by atoms with Crippen LogP contribution in [-0.2, 0) is 18.4 Å². The number of fused-ring (bicyclic) bond motifs is 4. The van der Waals surface area contributed by atoms with Crippen molar-refractivity contribution in [3.05, 3.63) is 137 Å². The van der Waals surface area contributed by atoms with Gasteiger partial charge in [-0.2, -0.15) is 0 Å². The molecule has 47 heavy (non-hydrogen) atoms. The largest absolute Gasteiger partial charge is 0.445 e. The highest BCUT2D eigenvalue weighted by Crippen LogP contribution is 2.32. The first-order valence-corrected chi connectivity index (χ1v) is 15.9. The van der Waals surface area contributed by atoms with E-state index in [2.05, 4.69) is 41.4 Å². The quantitative estimate of drug-likeness (QED) is 0.198. The number of hydrogen-bond acceptors (Lipinski definition) is 5. The highest BCUT2D eigenvalue weighted by Gasteiger charge is 2.25. The first kappa shape index (κ1) is 28.7. The molecule has 0 N–H and O–H groups in total. The smallest absolute Gasteiger partial charge is 0.410 e. The minimum atomic E-state index is -0.264. The van der Waals surface area contributed by atoms with Crippen molar-refractivity contribution in [1.82, 2.24) is 24.0 Å². The van der Waals surface area contributed by atoms with E-state index in [1.165, 1.54) is 5.56 Å². The van der Waals surface area contributed by atoms with E-state index in [0.29, 0.717) is 19.0 Å². The molecule has 232 valence electrons. The molecule has 4 aromatic carbocycles. The van der Waals surface area contributed by atoms with Gasteiger partial charge in [-0.3, -0.25) is 19.1 Å². The van der Waals surface area contributed by atoms with Gasteiger partial charge in [-0.05, 0) is 71.8 Å². The minimum absolute atomic E-state index is 0.123. The molecule has 1 amide bonds. The number of ether oxygens (including phenoxy) is 1. The predicted molar refractivity (Wildman–Crippen MR) is 185 cm³/mol. The standard InChI is InChI=1S/C39H33N5O3/c1-42-36-24-41-35-16-13-29(31-21-30-9-5-6-10-34(30)40-23-31)22-33(35)37(36)44(38(42)45)32-14-11-27(12-15-32)28-17-19-43(20-18-28)39(46)47-25-26-7-3-2-4-8-26/h2-16,21-24,28H,17-20,25H2,1H3. The molecule has 0 bridgehead atoms. The number of benzene rings is 4. The van der Waals surface area contributed by atoms with Crippen LogP contribution in [0.5, 0.6) is 0 Å². The van der Waals surface area contributed by atoms with Crippen LogP contribution in [0.15, 0.2) is 120 Å². The summed E-state index contributed by atoms with van der Waals surface area (Å²) < 4.78 is 8.99. The Bertz CT molecular complexity index is 2320. The lowest BCUT2D eigenvalue weighted by Crippen LogP contribution is -2.38. The van der Waals surface area contributed by atoms with E-state index < -0.39 is 0 Å². The van der Waals surface area contributed by atoms with E-state index in [0.717, 1.165) is 68.1 Å². The number of imidazole rings is 1. The summed E-state index contributed by atoms with van der Waals surface area (Å²) in [5.74, 6) is 0.328. The molecule has 0 aliphatic carbocycles. The zero-order chi connectivity index (χ0) is 31.9. The molecule has 0 unspecified atom stereocenters. The number of rotatable bonds is 5. The lowest BCUT2D eigenvalue weighted by molar-refractivity contribution is 0.0870. The molecule has 7 aromatic rings. The summed E-state index contributed by atoms with van der Waals surface area (Å²) >= 11 is 0. The Hall–Kier alpha value is -5.76. The number of carbonyl (C=O) groups is 1. The second-order valence-electron chi connectivity index (χ2n) is 12.2. The average Bonchev–Trinajstić information content (AvgIpc) is 3.40. The fourth-order valence-corrected chi connectivity index (χ4v) is 6.75. The third-order valence-electron chi connectivity index (χ3n) is 9.39. The zero-order valence-electron chi connectivity index (χ0n) is 26.0. The molecule has 8 heteroatoms. The van der Waals surface area contributed by atoms with Crippen molar-refractivity contribution in [2.45, 2.75) is 25.4 Å². The molecule has 1 aliphatic heterocycles. The second kappa shape index (κ2) is 11.9. The number of para-hydroxylation sites is 1. The molecular weight excluding hydrogens is 586 g/mol. The van der Waals surface area contributed by atoms with Crippen LogP contribution in [0.2, 0.25) is 0 Å². The lowest BCUT2D eigenvalue weighted by Gasteiger charge is -2.31. The van der Waals surface area contributed by atoms with Crippen LogP contribution in [0, 0.1) is 0 Å². The molecule has 0 radical (unpaired) electrons. The highest BCUT2D eigenvalue weighted by atomic mass is 16.6. The minimum Gasteiger partial charge on any atom is -0.445 e. The molecule has 4 heterocycles. The summed E-state index contributed by atoms with van der Waals surface area (Å²) in [7, 11) is 1.79. The summed E-state index contributed by atoms with van der Waals surface area (Å²) in [5.41, 5.74) is 8.25. The van der Waals surface area contributed by atoms with E-state index in [-0.39, 0.29) is 18.4 Å². The summed E-state index contributed by atoms with van der Waals surface area (Å²) in [6, 6.07) is 34.4.